The molecule has 0 radical (unpaired) electrons. The predicted octanol–water partition coefficient (Wildman–Crippen LogP) is 0.773. The lowest BCUT2D eigenvalue weighted by Gasteiger charge is -2.14. The monoisotopic (exact) mass is 228 g/mol. The highest BCUT2D eigenvalue weighted by atomic mass is 16.3. The molecule has 0 aromatic heterocycles. The highest BCUT2D eigenvalue weighted by Crippen LogP contribution is 2.00. The molecule has 0 spiro atoms. The fourth-order valence-electron chi connectivity index (χ4n) is 1.43. The van der Waals surface area contributed by atoms with Crippen molar-refractivity contribution in [3.05, 3.63) is 12.7 Å². The van der Waals surface area contributed by atoms with E-state index < -0.39 is 0 Å². The number of hydrogen-bond donors (Lipinski definition) is 2. The molecule has 0 unspecified atom stereocenters. The number of carbonyl (C=O) groups excluding carboxylic acids is 1. The molecule has 0 bridgehead atoms. The van der Waals surface area contributed by atoms with Crippen LogP contribution < -0.4 is 5.32 Å². The highest BCUT2D eigenvalue weighted by molar-refractivity contribution is 5.86. The van der Waals surface area contributed by atoms with Gasteiger partial charge in [-0.1, -0.05) is 19.4 Å². The van der Waals surface area contributed by atoms with Crippen LogP contribution in [0.25, 0.3) is 0 Å². The molecule has 0 saturated carbocycles. The van der Waals surface area contributed by atoms with E-state index in [2.05, 4.69) is 16.8 Å². The minimum Gasteiger partial charge on any atom is -0.395 e. The third kappa shape index (κ3) is 9.68. The molecule has 0 aliphatic rings. The van der Waals surface area contributed by atoms with Crippen molar-refractivity contribution in [3.8, 4) is 0 Å². The third-order valence-corrected chi connectivity index (χ3v) is 2.43. The second kappa shape index (κ2) is 10.6. The van der Waals surface area contributed by atoms with Gasteiger partial charge in [-0.15, -0.1) is 0 Å². The topological polar surface area (TPSA) is 52.6 Å². The Hall–Kier alpha value is -0.870. The first-order chi connectivity index (χ1) is 7.70. The van der Waals surface area contributed by atoms with E-state index in [-0.39, 0.29) is 12.5 Å². The zero-order chi connectivity index (χ0) is 12.2. The number of carbonyl (C=O) groups is 1. The Morgan fingerprint density at radius 3 is 2.62 bits per heavy atom. The molecule has 0 aliphatic carbocycles. The highest BCUT2D eigenvalue weighted by Gasteiger charge is 1.97. The first-order valence-electron chi connectivity index (χ1n) is 5.90. The van der Waals surface area contributed by atoms with Gasteiger partial charge in [0.15, 0.2) is 0 Å². The maximum absolute atomic E-state index is 10.8. The smallest absolute Gasteiger partial charge is 0.243 e. The summed E-state index contributed by atoms with van der Waals surface area (Å²) in [5.74, 6) is -0.0947. The molecule has 4 nitrogen and oxygen atoms in total. The van der Waals surface area contributed by atoms with Crippen molar-refractivity contribution in [3.63, 3.8) is 0 Å². The Kier molecular flexibility index (Phi) is 10.1. The van der Waals surface area contributed by atoms with Crippen LogP contribution in [0, 0.1) is 0 Å². The summed E-state index contributed by atoms with van der Waals surface area (Å²) < 4.78 is 0. The molecule has 1 amide bonds. The molecule has 0 atom stereocenters. The lowest BCUT2D eigenvalue weighted by Crippen LogP contribution is -2.23. The summed E-state index contributed by atoms with van der Waals surface area (Å²) in [6, 6.07) is 0. The van der Waals surface area contributed by atoms with E-state index in [1.807, 2.05) is 7.05 Å². The van der Waals surface area contributed by atoms with E-state index in [0.717, 1.165) is 38.9 Å². The maximum Gasteiger partial charge on any atom is 0.243 e. The molecular formula is C12H24N2O2. The van der Waals surface area contributed by atoms with E-state index in [4.69, 9.17) is 5.11 Å². The summed E-state index contributed by atoms with van der Waals surface area (Å²) in [7, 11) is 2.01. The number of amides is 1. The molecule has 0 heterocycles. The van der Waals surface area contributed by atoms with Crippen LogP contribution in [0.4, 0.5) is 0 Å². The molecule has 2 N–H and O–H groups in total. The second-order valence-corrected chi connectivity index (χ2v) is 3.94. The first-order valence-corrected chi connectivity index (χ1v) is 5.90. The molecule has 0 aromatic carbocycles. The fraction of sp³-hybridized carbons (Fsp3) is 0.750. The Morgan fingerprint density at radius 1 is 1.31 bits per heavy atom. The van der Waals surface area contributed by atoms with Crippen molar-refractivity contribution >= 4 is 5.91 Å². The van der Waals surface area contributed by atoms with Crippen molar-refractivity contribution in [2.45, 2.75) is 25.7 Å². The quantitative estimate of drug-likeness (QED) is 0.429. The standard InChI is InChI=1S/C12H24N2O2/c1-3-12(16)13-8-6-4-5-7-9-14(2)10-11-15/h3,15H,1,4-11H2,2H3,(H,13,16). The van der Waals surface area contributed by atoms with Crippen molar-refractivity contribution < 1.29 is 9.90 Å². The minimum absolute atomic E-state index is 0.0947. The predicted molar refractivity (Wildman–Crippen MR) is 66.3 cm³/mol. The van der Waals surface area contributed by atoms with Crippen LogP contribution in [0.5, 0.6) is 0 Å². The van der Waals surface area contributed by atoms with E-state index in [1.165, 1.54) is 12.5 Å². The van der Waals surface area contributed by atoms with Crippen molar-refractivity contribution in [1.82, 2.24) is 10.2 Å². The van der Waals surface area contributed by atoms with Gasteiger partial charge >= 0.3 is 0 Å². The SMILES string of the molecule is C=CC(=O)NCCCCCCN(C)CCO. The second-order valence-electron chi connectivity index (χ2n) is 3.94. The molecule has 16 heavy (non-hydrogen) atoms. The molecule has 0 fully saturated rings. The number of hydrogen-bond acceptors (Lipinski definition) is 3. The van der Waals surface area contributed by atoms with E-state index in [9.17, 15) is 4.79 Å². The summed E-state index contributed by atoms with van der Waals surface area (Å²) in [6.07, 6.45) is 5.75. The van der Waals surface area contributed by atoms with Gasteiger partial charge in [0.05, 0.1) is 6.61 Å². The summed E-state index contributed by atoms with van der Waals surface area (Å²) in [5.41, 5.74) is 0. The van der Waals surface area contributed by atoms with Gasteiger partial charge in [0.2, 0.25) is 5.91 Å². The summed E-state index contributed by atoms with van der Waals surface area (Å²) >= 11 is 0. The van der Waals surface area contributed by atoms with Gasteiger partial charge in [-0.05, 0) is 32.5 Å². The lowest BCUT2D eigenvalue weighted by atomic mass is 10.2. The largest absolute Gasteiger partial charge is 0.395 e. The Morgan fingerprint density at radius 2 is 2.00 bits per heavy atom. The average Bonchev–Trinajstić information content (AvgIpc) is 2.27. The lowest BCUT2D eigenvalue weighted by molar-refractivity contribution is -0.116. The number of aliphatic hydroxyl groups is 1. The zero-order valence-electron chi connectivity index (χ0n) is 10.2. The van der Waals surface area contributed by atoms with Crippen molar-refractivity contribution in [2.24, 2.45) is 0 Å². The van der Waals surface area contributed by atoms with Crippen LogP contribution in [-0.4, -0.2) is 49.2 Å². The van der Waals surface area contributed by atoms with Gasteiger partial charge in [0.1, 0.15) is 0 Å². The maximum atomic E-state index is 10.8. The van der Waals surface area contributed by atoms with Crippen LogP contribution in [0.1, 0.15) is 25.7 Å². The number of aliphatic hydroxyl groups excluding tert-OH is 1. The number of nitrogens with zero attached hydrogens (tertiary/aromatic N) is 1. The number of likely N-dealkylation sites (N-methyl/N-ethyl adjacent to an activating group) is 1. The van der Waals surface area contributed by atoms with Gasteiger partial charge in [-0.3, -0.25) is 4.79 Å². The average molecular weight is 228 g/mol. The zero-order valence-corrected chi connectivity index (χ0v) is 10.2. The Labute approximate surface area is 98.3 Å². The fourth-order valence-corrected chi connectivity index (χ4v) is 1.43. The van der Waals surface area contributed by atoms with Crippen LogP contribution >= 0.6 is 0 Å². The number of nitrogens with one attached hydrogen (secondary N) is 1. The van der Waals surface area contributed by atoms with E-state index in [0.29, 0.717) is 0 Å². The van der Waals surface area contributed by atoms with Gasteiger partial charge in [-0.2, -0.15) is 0 Å². The van der Waals surface area contributed by atoms with Crippen LogP contribution in [-0.2, 0) is 4.79 Å². The molecule has 94 valence electrons. The summed E-state index contributed by atoms with van der Waals surface area (Å²) in [5, 5.41) is 11.4. The van der Waals surface area contributed by atoms with Gasteiger partial charge in [0, 0.05) is 13.1 Å². The summed E-state index contributed by atoms with van der Waals surface area (Å²) in [6.45, 7) is 6.12. The Bertz CT molecular complexity index is 195. The van der Waals surface area contributed by atoms with E-state index >= 15 is 0 Å². The normalized spacial score (nSPS) is 10.4. The van der Waals surface area contributed by atoms with Gasteiger partial charge in [0.25, 0.3) is 0 Å². The number of rotatable bonds is 10. The van der Waals surface area contributed by atoms with Crippen LogP contribution in [0.3, 0.4) is 0 Å². The molecule has 0 saturated heterocycles. The third-order valence-electron chi connectivity index (χ3n) is 2.43. The Balaban J connectivity index is 3.15. The van der Waals surface area contributed by atoms with E-state index in [1.54, 1.807) is 0 Å². The molecule has 4 heteroatoms. The first kappa shape index (κ1) is 15.1. The molecule has 0 aromatic rings. The molecule has 0 rings (SSSR count). The van der Waals surface area contributed by atoms with Crippen LogP contribution in [0.2, 0.25) is 0 Å². The van der Waals surface area contributed by atoms with Gasteiger partial charge < -0.3 is 15.3 Å². The van der Waals surface area contributed by atoms with Crippen molar-refractivity contribution in [1.29, 1.82) is 0 Å². The minimum atomic E-state index is -0.0947. The van der Waals surface area contributed by atoms with Gasteiger partial charge in [-0.25, -0.2) is 0 Å². The summed E-state index contributed by atoms with van der Waals surface area (Å²) in [4.78, 5) is 12.9. The van der Waals surface area contributed by atoms with Crippen molar-refractivity contribution in [2.75, 3.05) is 33.3 Å². The van der Waals surface area contributed by atoms with Crippen LogP contribution in [0.15, 0.2) is 12.7 Å². The number of unbranched alkanes of at least 4 members (excludes halogenated alkanes) is 3. The molecule has 0 aliphatic heterocycles. The molecular weight excluding hydrogens is 204 g/mol.